The van der Waals surface area contributed by atoms with Crippen LogP contribution in [0.3, 0.4) is 0 Å². The Bertz CT molecular complexity index is 645. The summed E-state index contributed by atoms with van der Waals surface area (Å²) in [5, 5.41) is 12.6. The molecule has 0 fully saturated rings. The van der Waals surface area contributed by atoms with Crippen LogP contribution in [-0.2, 0) is 19.2 Å². The second-order valence-corrected chi connectivity index (χ2v) is 6.58. The first kappa shape index (κ1) is 19.1. The van der Waals surface area contributed by atoms with Crippen LogP contribution in [0.5, 0.6) is 0 Å². The van der Waals surface area contributed by atoms with Gasteiger partial charge in [-0.25, -0.2) is 4.79 Å². The van der Waals surface area contributed by atoms with E-state index in [1.807, 2.05) is 13.0 Å². The Balaban J connectivity index is 2.61. The number of ether oxygens (including phenoxy) is 1. The van der Waals surface area contributed by atoms with Crippen molar-refractivity contribution in [3.63, 3.8) is 0 Å². The van der Waals surface area contributed by atoms with Crippen LogP contribution in [0.25, 0.3) is 0 Å². The van der Waals surface area contributed by atoms with Gasteiger partial charge in [-0.3, -0.25) is 4.79 Å². The second-order valence-electron chi connectivity index (χ2n) is 5.34. The molecule has 0 unspecified atom stereocenters. The number of nitrogens with zero attached hydrogens (tertiary/aromatic N) is 2. The third kappa shape index (κ3) is 5.98. The number of carbonyl (C=O) groups is 2. The van der Waals surface area contributed by atoms with E-state index in [1.54, 1.807) is 38.1 Å². The van der Waals surface area contributed by atoms with Crippen LogP contribution < -0.4 is 0 Å². The maximum absolute atomic E-state index is 11.7. The summed E-state index contributed by atoms with van der Waals surface area (Å²) in [6.45, 7) is 4.76. The molecule has 0 atom stereocenters. The van der Waals surface area contributed by atoms with Gasteiger partial charge in [0.25, 0.3) is 0 Å². The number of oxime groups is 1. The summed E-state index contributed by atoms with van der Waals surface area (Å²) in [4.78, 5) is 27.9. The number of halogens is 1. The van der Waals surface area contributed by atoms with Crippen molar-refractivity contribution < 1.29 is 19.2 Å². The van der Waals surface area contributed by atoms with Gasteiger partial charge in [0, 0.05) is 9.13 Å². The fourth-order valence-corrected chi connectivity index (χ4v) is 1.69. The van der Waals surface area contributed by atoms with E-state index in [2.05, 4.69) is 32.6 Å². The van der Waals surface area contributed by atoms with Crippen LogP contribution in [0.15, 0.2) is 29.4 Å². The second kappa shape index (κ2) is 8.62. The molecule has 7 heteroatoms. The molecule has 0 bridgehead atoms. The minimum Gasteiger partial charge on any atom is -0.453 e. The Morgan fingerprint density at radius 2 is 1.91 bits per heavy atom. The van der Waals surface area contributed by atoms with E-state index in [0.29, 0.717) is 12.0 Å². The Kier molecular flexibility index (Phi) is 7.16. The molecule has 23 heavy (non-hydrogen) atoms. The summed E-state index contributed by atoms with van der Waals surface area (Å²) in [7, 11) is 0. The fourth-order valence-electron chi connectivity index (χ4n) is 1.33. The first-order valence-corrected chi connectivity index (χ1v) is 7.99. The summed E-state index contributed by atoms with van der Waals surface area (Å²) < 4.78 is 5.89. The molecule has 0 aliphatic heterocycles. The van der Waals surface area contributed by atoms with Crippen molar-refractivity contribution in [2.75, 3.05) is 6.61 Å². The van der Waals surface area contributed by atoms with Gasteiger partial charge >= 0.3 is 11.9 Å². The molecule has 0 saturated heterocycles. The lowest BCUT2D eigenvalue weighted by molar-refractivity contribution is -0.164. The van der Waals surface area contributed by atoms with E-state index in [-0.39, 0.29) is 5.71 Å². The zero-order valence-corrected chi connectivity index (χ0v) is 15.3. The summed E-state index contributed by atoms with van der Waals surface area (Å²) in [6.07, 6.45) is 0.588. The molecule has 0 radical (unpaired) electrons. The molecule has 1 aromatic carbocycles. The molecular formula is C16H17IN2O4. The van der Waals surface area contributed by atoms with Gasteiger partial charge in [0.05, 0.1) is 5.41 Å². The molecule has 0 heterocycles. The summed E-state index contributed by atoms with van der Waals surface area (Å²) >= 11 is 2.13. The predicted molar refractivity (Wildman–Crippen MR) is 92.4 cm³/mol. The minimum absolute atomic E-state index is 0.0324. The monoisotopic (exact) mass is 428 g/mol. The predicted octanol–water partition coefficient (Wildman–Crippen LogP) is 3.04. The van der Waals surface area contributed by atoms with Crippen LogP contribution in [0.2, 0.25) is 0 Å². The highest BCUT2D eigenvalue weighted by Gasteiger charge is 2.27. The van der Waals surface area contributed by atoms with E-state index in [0.717, 1.165) is 3.57 Å². The summed E-state index contributed by atoms with van der Waals surface area (Å²) in [5.41, 5.74) is -0.164. The van der Waals surface area contributed by atoms with E-state index >= 15 is 0 Å². The van der Waals surface area contributed by atoms with E-state index in [1.165, 1.54) is 0 Å². The largest absolute Gasteiger partial charge is 0.453 e. The van der Waals surface area contributed by atoms with Crippen molar-refractivity contribution in [3.8, 4) is 6.07 Å². The Morgan fingerprint density at radius 3 is 2.43 bits per heavy atom. The lowest BCUT2D eigenvalue weighted by Gasteiger charge is -2.19. The molecule has 0 amide bonds. The van der Waals surface area contributed by atoms with Gasteiger partial charge < -0.3 is 9.57 Å². The van der Waals surface area contributed by atoms with Gasteiger partial charge in [-0.15, -0.1) is 0 Å². The highest BCUT2D eigenvalue weighted by molar-refractivity contribution is 14.1. The lowest BCUT2D eigenvalue weighted by Crippen LogP contribution is -2.28. The van der Waals surface area contributed by atoms with Crippen molar-refractivity contribution in [2.24, 2.45) is 10.6 Å². The average molecular weight is 428 g/mol. The molecule has 0 aliphatic carbocycles. The van der Waals surface area contributed by atoms with Gasteiger partial charge in [0.2, 0.25) is 0 Å². The Hall–Kier alpha value is -1.95. The van der Waals surface area contributed by atoms with Crippen LogP contribution in [0, 0.1) is 20.3 Å². The molecule has 122 valence electrons. The van der Waals surface area contributed by atoms with Gasteiger partial charge in [-0.1, -0.05) is 24.2 Å². The van der Waals surface area contributed by atoms with Crippen LogP contribution in [0.1, 0.15) is 32.8 Å². The maximum Gasteiger partial charge on any atom is 0.372 e. The van der Waals surface area contributed by atoms with Crippen molar-refractivity contribution in [1.82, 2.24) is 0 Å². The maximum atomic E-state index is 11.7. The fraction of sp³-hybridized carbons (Fsp3) is 0.375. The minimum atomic E-state index is -0.844. The van der Waals surface area contributed by atoms with E-state index in [9.17, 15) is 9.59 Å². The smallest absolute Gasteiger partial charge is 0.372 e. The van der Waals surface area contributed by atoms with Crippen molar-refractivity contribution >= 4 is 40.2 Å². The number of esters is 1. The molecular weight excluding hydrogens is 411 g/mol. The van der Waals surface area contributed by atoms with E-state index in [4.69, 9.17) is 10.00 Å². The number of hydrogen-bond acceptors (Lipinski definition) is 6. The highest BCUT2D eigenvalue weighted by atomic mass is 127. The van der Waals surface area contributed by atoms with E-state index < -0.39 is 24.0 Å². The van der Waals surface area contributed by atoms with Gasteiger partial charge in [-0.05, 0) is 55.0 Å². The van der Waals surface area contributed by atoms with Crippen LogP contribution in [-0.4, -0.2) is 24.3 Å². The van der Waals surface area contributed by atoms with Crippen LogP contribution >= 0.6 is 22.6 Å². The molecule has 0 saturated carbocycles. The summed E-state index contributed by atoms with van der Waals surface area (Å²) in [6, 6.07) is 8.86. The van der Waals surface area contributed by atoms with Crippen molar-refractivity contribution in [3.05, 3.63) is 33.4 Å². The van der Waals surface area contributed by atoms with Gasteiger partial charge in [0.15, 0.2) is 12.3 Å². The number of rotatable bonds is 6. The zero-order chi connectivity index (χ0) is 17.5. The molecule has 1 rings (SSSR count). The molecule has 1 aromatic rings. The number of hydrogen-bond donors (Lipinski definition) is 0. The van der Waals surface area contributed by atoms with Gasteiger partial charge in [-0.2, -0.15) is 5.26 Å². The quantitative estimate of drug-likeness (QED) is 0.229. The topological polar surface area (TPSA) is 88.8 Å². The number of nitriles is 1. The lowest BCUT2D eigenvalue weighted by atomic mass is 9.91. The third-order valence-corrected chi connectivity index (χ3v) is 3.94. The van der Waals surface area contributed by atoms with Crippen LogP contribution in [0.4, 0.5) is 0 Å². The number of carbonyl (C=O) groups excluding carboxylic acids is 2. The molecule has 0 aromatic heterocycles. The standard InChI is InChI=1S/C16H17IN2O4/c1-4-16(2,3)15(21)22-10-14(20)23-19-13(9-18)11-5-7-12(17)8-6-11/h5-8H,4,10H2,1-3H3/b19-13+. The molecule has 6 nitrogen and oxygen atoms in total. The molecule has 0 spiro atoms. The van der Waals surface area contributed by atoms with Crippen molar-refractivity contribution in [2.45, 2.75) is 27.2 Å². The zero-order valence-electron chi connectivity index (χ0n) is 13.1. The van der Waals surface area contributed by atoms with Crippen molar-refractivity contribution in [1.29, 1.82) is 5.26 Å². The average Bonchev–Trinajstić information content (AvgIpc) is 2.54. The molecule has 0 aliphatic rings. The SMILES string of the molecule is CCC(C)(C)C(=O)OCC(=O)O/N=C(\C#N)c1ccc(I)cc1. The first-order valence-electron chi connectivity index (χ1n) is 6.91. The Labute approximate surface area is 148 Å². The number of benzene rings is 1. The van der Waals surface area contributed by atoms with Gasteiger partial charge in [0.1, 0.15) is 6.07 Å². The summed E-state index contributed by atoms with van der Waals surface area (Å²) in [5.74, 6) is -1.33. The Morgan fingerprint density at radius 1 is 1.30 bits per heavy atom. The normalized spacial score (nSPS) is 11.5. The third-order valence-electron chi connectivity index (χ3n) is 3.22. The molecule has 0 N–H and O–H groups in total. The first-order chi connectivity index (χ1) is 10.8. The highest BCUT2D eigenvalue weighted by Crippen LogP contribution is 2.21.